The van der Waals surface area contributed by atoms with Gasteiger partial charge < -0.3 is 9.80 Å². The van der Waals surface area contributed by atoms with Crippen molar-refractivity contribution in [2.24, 2.45) is 11.8 Å². The lowest BCUT2D eigenvalue weighted by Gasteiger charge is -2.25. The average molecular weight is 297 g/mol. The number of anilines is 2. The Bertz CT molecular complexity index is 627. The molecule has 2 fully saturated rings. The van der Waals surface area contributed by atoms with E-state index >= 15 is 0 Å². The van der Waals surface area contributed by atoms with Crippen molar-refractivity contribution in [3.63, 3.8) is 0 Å². The lowest BCUT2D eigenvalue weighted by molar-refractivity contribution is 0.657. The molecule has 2 aromatic rings. The standard InChI is InChI=1S/C17H23N5/c1-12-5-8-21(10-12)16-17(22-9-6-13(2)11-22)20-15-14(19-16)4-3-7-18-15/h3-4,7,12-13H,5-6,8-11H2,1-2H3. The van der Waals surface area contributed by atoms with Gasteiger partial charge in [-0.25, -0.2) is 15.0 Å². The maximum absolute atomic E-state index is 4.92. The van der Waals surface area contributed by atoms with Crippen molar-refractivity contribution in [2.75, 3.05) is 36.0 Å². The van der Waals surface area contributed by atoms with Crippen LogP contribution in [0.15, 0.2) is 18.3 Å². The Balaban J connectivity index is 1.80. The van der Waals surface area contributed by atoms with Gasteiger partial charge in [0.2, 0.25) is 0 Å². The number of aromatic nitrogens is 3. The second-order valence-electron chi connectivity index (χ2n) is 6.90. The highest BCUT2D eigenvalue weighted by molar-refractivity contribution is 5.78. The summed E-state index contributed by atoms with van der Waals surface area (Å²) in [7, 11) is 0. The minimum absolute atomic E-state index is 0.728. The van der Waals surface area contributed by atoms with Crippen molar-refractivity contribution < 1.29 is 0 Å². The van der Waals surface area contributed by atoms with E-state index in [1.807, 2.05) is 12.1 Å². The van der Waals surface area contributed by atoms with Gasteiger partial charge in [-0.15, -0.1) is 0 Å². The molecule has 22 heavy (non-hydrogen) atoms. The maximum Gasteiger partial charge on any atom is 0.180 e. The number of nitrogens with zero attached hydrogens (tertiary/aromatic N) is 5. The van der Waals surface area contributed by atoms with E-state index in [4.69, 9.17) is 9.97 Å². The third-order valence-corrected chi connectivity index (χ3v) is 4.85. The average Bonchev–Trinajstić information content (AvgIpc) is 3.14. The highest BCUT2D eigenvalue weighted by Gasteiger charge is 2.28. The number of fused-ring (bicyclic) bond motifs is 1. The van der Waals surface area contributed by atoms with Crippen LogP contribution in [0.2, 0.25) is 0 Å². The minimum atomic E-state index is 0.728. The van der Waals surface area contributed by atoms with Gasteiger partial charge >= 0.3 is 0 Å². The highest BCUT2D eigenvalue weighted by Crippen LogP contribution is 2.33. The van der Waals surface area contributed by atoms with E-state index in [1.54, 1.807) is 6.20 Å². The smallest absolute Gasteiger partial charge is 0.180 e. The zero-order chi connectivity index (χ0) is 15.1. The first-order valence-corrected chi connectivity index (χ1v) is 8.33. The Hall–Kier alpha value is -1.91. The summed E-state index contributed by atoms with van der Waals surface area (Å²) in [5.41, 5.74) is 1.65. The molecule has 0 aromatic carbocycles. The van der Waals surface area contributed by atoms with Gasteiger partial charge in [0.25, 0.3) is 0 Å². The van der Waals surface area contributed by atoms with E-state index in [1.165, 1.54) is 12.8 Å². The zero-order valence-corrected chi connectivity index (χ0v) is 13.4. The Labute approximate surface area is 131 Å². The van der Waals surface area contributed by atoms with Gasteiger partial charge in [-0.2, -0.15) is 0 Å². The van der Waals surface area contributed by atoms with Gasteiger partial charge in [-0.3, -0.25) is 0 Å². The third kappa shape index (κ3) is 2.38. The predicted octanol–water partition coefficient (Wildman–Crippen LogP) is 2.72. The van der Waals surface area contributed by atoms with Crippen molar-refractivity contribution in [3.05, 3.63) is 18.3 Å². The van der Waals surface area contributed by atoms with E-state index in [0.717, 1.165) is 60.8 Å². The number of hydrogen-bond acceptors (Lipinski definition) is 5. The Kier molecular flexibility index (Phi) is 3.36. The molecule has 4 rings (SSSR count). The molecule has 2 aromatic heterocycles. The molecule has 0 N–H and O–H groups in total. The van der Waals surface area contributed by atoms with Crippen molar-refractivity contribution in [1.29, 1.82) is 0 Å². The van der Waals surface area contributed by atoms with Gasteiger partial charge in [0, 0.05) is 32.4 Å². The van der Waals surface area contributed by atoms with Crippen LogP contribution in [-0.4, -0.2) is 41.1 Å². The molecule has 2 saturated heterocycles. The lowest BCUT2D eigenvalue weighted by atomic mass is 10.2. The summed E-state index contributed by atoms with van der Waals surface area (Å²) in [6, 6.07) is 3.94. The molecule has 2 aliphatic rings. The first-order chi connectivity index (χ1) is 10.7. The summed E-state index contributed by atoms with van der Waals surface area (Å²) < 4.78 is 0. The van der Waals surface area contributed by atoms with Crippen LogP contribution >= 0.6 is 0 Å². The van der Waals surface area contributed by atoms with Crippen molar-refractivity contribution in [2.45, 2.75) is 26.7 Å². The summed E-state index contributed by atoms with van der Waals surface area (Å²) in [5.74, 6) is 3.55. The van der Waals surface area contributed by atoms with Crippen molar-refractivity contribution in [3.8, 4) is 0 Å². The fourth-order valence-corrected chi connectivity index (χ4v) is 3.56. The molecule has 0 spiro atoms. The van der Waals surface area contributed by atoms with Crippen molar-refractivity contribution in [1.82, 2.24) is 15.0 Å². The summed E-state index contributed by atoms with van der Waals surface area (Å²) in [4.78, 5) is 19.0. The largest absolute Gasteiger partial charge is 0.353 e. The maximum atomic E-state index is 4.92. The van der Waals surface area contributed by atoms with E-state index in [9.17, 15) is 0 Å². The third-order valence-electron chi connectivity index (χ3n) is 4.85. The summed E-state index contributed by atoms with van der Waals surface area (Å²) >= 11 is 0. The Morgan fingerprint density at radius 3 is 2.18 bits per heavy atom. The number of rotatable bonds is 2. The summed E-state index contributed by atoms with van der Waals surface area (Å²) in [6.45, 7) is 8.93. The lowest BCUT2D eigenvalue weighted by Crippen LogP contribution is -2.27. The van der Waals surface area contributed by atoms with Gasteiger partial charge in [0.15, 0.2) is 17.3 Å². The van der Waals surface area contributed by atoms with E-state index in [0.29, 0.717) is 0 Å². The number of pyridine rings is 1. The molecule has 0 aliphatic carbocycles. The topological polar surface area (TPSA) is 45.2 Å². The van der Waals surface area contributed by atoms with E-state index in [2.05, 4.69) is 28.6 Å². The van der Waals surface area contributed by atoms with Crippen LogP contribution in [0.25, 0.3) is 11.2 Å². The van der Waals surface area contributed by atoms with Crippen LogP contribution in [-0.2, 0) is 0 Å². The quantitative estimate of drug-likeness (QED) is 0.853. The fourth-order valence-electron chi connectivity index (χ4n) is 3.56. The van der Waals surface area contributed by atoms with Crippen LogP contribution in [0.5, 0.6) is 0 Å². The van der Waals surface area contributed by atoms with E-state index < -0.39 is 0 Å². The zero-order valence-electron chi connectivity index (χ0n) is 13.4. The van der Waals surface area contributed by atoms with Crippen LogP contribution in [0.1, 0.15) is 26.7 Å². The molecule has 2 atom stereocenters. The normalized spacial score (nSPS) is 25.4. The highest BCUT2D eigenvalue weighted by atomic mass is 15.3. The van der Waals surface area contributed by atoms with Crippen LogP contribution in [0, 0.1) is 11.8 Å². The van der Waals surface area contributed by atoms with Gasteiger partial charge in [0.1, 0.15) is 5.52 Å². The monoisotopic (exact) mass is 297 g/mol. The molecule has 2 aliphatic heterocycles. The first kappa shape index (κ1) is 13.7. The molecule has 0 radical (unpaired) electrons. The fraction of sp³-hybridized carbons (Fsp3) is 0.588. The molecule has 5 heteroatoms. The van der Waals surface area contributed by atoms with Crippen LogP contribution < -0.4 is 9.80 Å². The molecule has 0 bridgehead atoms. The summed E-state index contributed by atoms with van der Waals surface area (Å²) in [5, 5.41) is 0. The van der Waals surface area contributed by atoms with Crippen molar-refractivity contribution >= 4 is 22.8 Å². The summed E-state index contributed by atoms with van der Waals surface area (Å²) in [6.07, 6.45) is 4.27. The van der Waals surface area contributed by atoms with Crippen LogP contribution in [0.3, 0.4) is 0 Å². The molecule has 0 saturated carbocycles. The minimum Gasteiger partial charge on any atom is -0.353 e. The molecular weight excluding hydrogens is 274 g/mol. The Morgan fingerprint density at radius 1 is 0.955 bits per heavy atom. The second kappa shape index (κ2) is 5.38. The first-order valence-electron chi connectivity index (χ1n) is 8.33. The molecule has 5 nitrogen and oxygen atoms in total. The van der Waals surface area contributed by atoms with Crippen LogP contribution in [0.4, 0.5) is 11.6 Å². The van der Waals surface area contributed by atoms with Gasteiger partial charge in [-0.1, -0.05) is 13.8 Å². The van der Waals surface area contributed by atoms with Gasteiger partial charge in [0.05, 0.1) is 0 Å². The van der Waals surface area contributed by atoms with E-state index in [-0.39, 0.29) is 0 Å². The Morgan fingerprint density at radius 2 is 1.59 bits per heavy atom. The molecule has 116 valence electrons. The second-order valence-corrected chi connectivity index (χ2v) is 6.90. The molecule has 4 heterocycles. The predicted molar refractivity (Wildman–Crippen MR) is 89.3 cm³/mol. The van der Waals surface area contributed by atoms with Gasteiger partial charge in [-0.05, 0) is 36.8 Å². The molecular formula is C17H23N5. The SMILES string of the molecule is CC1CCN(c2nc3cccnc3nc2N2CCC(C)C2)C1. The number of hydrogen-bond donors (Lipinski definition) is 0. The molecule has 2 unspecified atom stereocenters. The molecule has 0 amide bonds.